The fourth-order valence-electron chi connectivity index (χ4n) is 3.32. The first kappa shape index (κ1) is 17.6. The van der Waals surface area contributed by atoms with Crippen LogP contribution in [0.3, 0.4) is 0 Å². The van der Waals surface area contributed by atoms with E-state index in [1.54, 1.807) is 0 Å². The zero-order valence-electron chi connectivity index (χ0n) is 15.2. The number of morpholine rings is 1. The van der Waals surface area contributed by atoms with Crippen molar-refractivity contribution in [3.8, 4) is 5.69 Å². The summed E-state index contributed by atoms with van der Waals surface area (Å²) in [5.74, 6) is -0.309. The topological polar surface area (TPSA) is 56.6 Å². The molecule has 0 N–H and O–H groups in total. The van der Waals surface area contributed by atoms with Crippen LogP contribution in [0.4, 0.5) is 0 Å². The number of esters is 1. The Balaban J connectivity index is 1.68. The summed E-state index contributed by atoms with van der Waals surface area (Å²) >= 11 is 0. The van der Waals surface area contributed by atoms with E-state index in [1.807, 2.05) is 18.5 Å². The summed E-state index contributed by atoms with van der Waals surface area (Å²) in [6.07, 6.45) is -0.505. The van der Waals surface area contributed by atoms with E-state index in [4.69, 9.17) is 9.47 Å². The van der Waals surface area contributed by atoms with Gasteiger partial charge in [-0.25, -0.2) is 9.48 Å². The summed E-state index contributed by atoms with van der Waals surface area (Å²) in [7, 11) is 1.40. The van der Waals surface area contributed by atoms with Gasteiger partial charge in [0.2, 0.25) is 0 Å². The standard InChI is InChI=1S/C19H25N3O3/c1-13-9-14(2)22(20-13)17-7-5-16(6-8-17)11-21-10-15(3)25-18(12-21)19(23)24-4/h5-9,15,18H,10-12H2,1-4H3/t15-,18+/m1/s1. The minimum Gasteiger partial charge on any atom is -0.467 e. The molecule has 1 aromatic carbocycles. The van der Waals surface area contributed by atoms with E-state index >= 15 is 0 Å². The Labute approximate surface area is 148 Å². The van der Waals surface area contributed by atoms with Crippen molar-refractivity contribution in [3.05, 3.63) is 47.3 Å². The van der Waals surface area contributed by atoms with Gasteiger partial charge in [-0.2, -0.15) is 5.10 Å². The first-order valence-corrected chi connectivity index (χ1v) is 8.54. The van der Waals surface area contributed by atoms with E-state index in [0.29, 0.717) is 6.54 Å². The summed E-state index contributed by atoms with van der Waals surface area (Å²) in [6.45, 7) is 8.15. The number of carbonyl (C=O) groups is 1. The Morgan fingerprint density at radius 2 is 2.00 bits per heavy atom. The molecule has 0 radical (unpaired) electrons. The second kappa shape index (κ2) is 7.37. The molecule has 1 saturated heterocycles. The number of nitrogens with zero attached hydrogens (tertiary/aromatic N) is 3. The molecule has 134 valence electrons. The van der Waals surface area contributed by atoms with Gasteiger partial charge < -0.3 is 9.47 Å². The fraction of sp³-hybridized carbons (Fsp3) is 0.474. The van der Waals surface area contributed by atoms with E-state index in [9.17, 15) is 4.79 Å². The predicted octanol–water partition coefficient (Wildman–Crippen LogP) is 2.25. The van der Waals surface area contributed by atoms with E-state index < -0.39 is 6.10 Å². The molecular formula is C19H25N3O3. The van der Waals surface area contributed by atoms with Crippen LogP contribution in [0.15, 0.2) is 30.3 Å². The van der Waals surface area contributed by atoms with Crippen molar-refractivity contribution in [3.63, 3.8) is 0 Å². The zero-order chi connectivity index (χ0) is 18.0. The van der Waals surface area contributed by atoms with Crippen molar-refractivity contribution < 1.29 is 14.3 Å². The number of aromatic nitrogens is 2. The highest BCUT2D eigenvalue weighted by Crippen LogP contribution is 2.17. The van der Waals surface area contributed by atoms with Gasteiger partial charge in [-0.3, -0.25) is 4.90 Å². The summed E-state index contributed by atoms with van der Waals surface area (Å²) in [5.41, 5.74) is 4.38. The Morgan fingerprint density at radius 3 is 2.60 bits per heavy atom. The molecule has 6 nitrogen and oxygen atoms in total. The van der Waals surface area contributed by atoms with Gasteiger partial charge in [-0.15, -0.1) is 0 Å². The third kappa shape index (κ3) is 4.08. The average Bonchev–Trinajstić information content (AvgIpc) is 2.92. The number of rotatable bonds is 4. The maximum Gasteiger partial charge on any atom is 0.336 e. The molecule has 2 atom stereocenters. The summed E-state index contributed by atoms with van der Waals surface area (Å²) in [6, 6.07) is 10.4. The third-order valence-corrected chi connectivity index (χ3v) is 4.40. The SMILES string of the molecule is COC(=O)[C@@H]1CN(Cc2ccc(-n3nc(C)cc3C)cc2)C[C@@H](C)O1. The molecule has 2 heterocycles. The molecule has 0 amide bonds. The molecule has 0 spiro atoms. The Kier molecular flexibility index (Phi) is 5.20. The Morgan fingerprint density at radius 1 is 1.28 bits per heavy atom. The largest absolute Gasteiger partial charge is 0.467 e. The number of hydrogen-bond acceptors (Lipinski definition) is 5. The van der Waals surface area contributed by atoms with Crippen molar-refractivity contribution in [2.45, 2.75) is 39.5 Å². The molecule has 0 saturated carbocycles. The maximum absolute atomic E-state index is 11.8. The highest BCUT2D eigenvalue weighted by molar-refractivity contribution is 5.75. The lowest BCUT2D eigenvalue weighted by molar-refractivity contribution is -0.166. The predicted molar refractivity (Wildman–Crippen MR) is 94.7 cm³/mol. The molecular weight excluding hydrogens is 318 g/mol. The van der Waals surface area contributed by atoms with Crippen LogP contribution >= 0.6 is 0 Å². The van der Waals surface area contributed by atoms with E-state index in [-0.39, 0.29) is 12.1 Å². The molecule has 6 heteroatoms. The number of carbonyl (C=O) groups excluding carboxylic acids is 1. The molecule has 1 aromatic heterocycles. The molecule has 1 fully saturated rings. The molecule has 25 heavy (non-hydrogen) atoms. The third-order valence-electron chi connectivity index (χ3n) is 4.40. The molecule has 1 aliphatic heterocycles. The van der Waals surface area contributed by atoms with E-state index in [0.717, 1.165) is 30.2 Å². The lowest BCUT2D eigenvalue weighted by Crippen LogP contribution is -2.49. The quantitative estimate of drug-likeness (QED) is 0.797. The first-order chi connectivity index (χ1) is 12.0. The smallest absolute Gasteiger partial charge is 0.336 e. The van der Waals surface area contributed by atoms with Crippen molar-refractivity contribution >= 4 is 5.97 Å². The minimum absolute atomic E-state index is 0.00632. The molecule has 1 aliphatic rings. The van der Waals surface area contributed by atoms with Crippen LogP contribution in [-0.4, -0.2) is 53.1 Å². The van der Waals surface area contributed by atoms with Crippen LogP contribution in [0.25, 0.3) is 5.69 Å². The molecule has 3 rings (SSSR count). The second-order valence-corrected chi connectivity index (χ2v) is 6.66. The molecule has 0 aliphatic carbocycles. The molecule has 2 aromatic rings. The second-order valence-electron chi connectivity index (χ2n) is 6.66. The van der Waals surface area contributed by atoms with Crippen LogP contribution in [0, 0.1) is 13.8 Å². The lowest BCUT2D eigenvalue weighted by Gasteiger charge is -2.35. The van der Waals surface area contributed by atoms with Crippen molar-refractivity contribution in [2.75, 3.05) is 20.2 Å². The number of aryl methyl sites for hydroxylation is 2. The average molecular weight is 343 g/mol. The van der Waals surface area contributed by atoms with Crippen LogP contribution in [0.5, 0.6) is 0 Å². The molecule has 0 unspecified atom stereocenters. The van der Waals surface area contributed by atoms with Crippen LogP contribution in [0.2, 0.25) is 0 Å². The highest BCUT2D eigenvalue weighted by Gasteiger charge is 2.30. The van der Waals surface area contributed by atoms with Crippen molar-refractivity contribution in [1.82, 2.24) is 14.7 Å². The normalized spacial score (nSPS) is 21.3. The van der Waals surface area contributed by atoms with Gasteiger partial charge in [-0.05, 0) is 44.5 Å². The van der Waals surface area contributed by atoms with Crippen LogP contribution < -0.4 is 0 Å². The van der Waals surface area contributed by atoms with Gasteiger partial charge in [-0.1, -0.05) is 12.1 Å². The minimum atomic E-state index is -0.511. The maximum atomic E-state index is 11.8. The van der Waals surface area contributed by atoms with Gasteiger partial charge in [0.25, 0.3) is 0 Å². The zero-order valence-corrected chi connectivity index (χ0v) is 15.2. The number of benzene rings is 1. The molecule has 0 bridgehead atoms. The lowest BCUT2D eigenvalue weighted by atomic mass is 10.1. The highest BCUT2D eigenvalue weighted by atomic mass is 16.6. The van der Waals surface area contributed by atoms with Gasteiger partial charge in [0, 0.05) is 25.3 Å². The van der Waals surface area contributed by atoms with Gasteiger partial charge >= 0.3 is 5.97 Å². The summed E-state index contributed by atoms with van der Waals surface area (Å²) in [5, 5.41) is 4.51. The monoisotopic (exact) mass is 343 g/mol. The van der Waals surface area contributed by atoms with Gasteiger partial charge in [0.05, 0.1) is 24.6 Å². The number of ether oxygens (including phenoxy) is 2. The summed E-state index contributed by atoms with van der Waals surface area (Å²) < 4.78 is 12.4. The van der Waals surface area contributed by atoms with E-state index in [2.05, 4.69) is 47.3 Å². The van der Waals surface area contributed by atoms with Gasteiger partial charge in [0.15, 0.2) is 6.10 Å². The first-order valence-electron chi connectivity index (χ1n) is 8.54. The van der Waals surface area contributed by atoms with Crippen molar-refractivity contribution in [2.24, 2.45) is 0 Å². The Bertz CT molecular complexity index is 739. The van der Waals surface area contributed by atoms with E-state index in [1.165, 1.54) is 12.7 Å². The summed E-state index contributed by atoms with van der Waals surface area (Å²) in [4.78, 5) is 14.0. The Hall–Kier alpha value is -2.18. The number of hydrogen-bond donors (Lipinski definition) is 0. The van der Waals surface area contributed by atoms with Crippen LogP contribution in [-0.2, 0) is 20.8 Å². The van der Waals surface area contributed by atoms with Crippen LogP contribution in [0.1, 0.15) is 23.9 Å². The van der Waals surface area contributed by atoms with Gasteiger partial charge in [0.1, 0.15) is 0 Å². The van der Waals surface area contributed by atoms with Crippen molar-refractivity contribution in [1.29, 1.82) is 0 Å². The number of methoxy groups -OCH3 is 1. The fourth-order valence-corrected chi connectivity index (χ4v) is 3.32.